The van der Waals surface area contributed by atoms with Gasteiger partial charge in [-0.1, -0.05) is 0 Å². The Balaban J connectivity index is 2.25. The number of likely N-dealkylation sites (N-methyl/N-ethyl adjacent to an activating group) is 1. The molecule has 0 aliphatic carbocycles. The summed E-state index contributed by atoms with van der Waals surface area (Å²) >= 11 is 0. The van der Waals surface area contributed by atoms with Gasteiger partial charge in [0.15, 0.2) is 5.82 Å². The minimum atomic E-state index is -0.0281. The molecule has 1 saturated heterocycles. The van der Waals surface area contributed by atoms with E-state index >= 15 is 0 Å². The Morgan fingerprint density at radius 2 is 2.12 bits per heavy atom. The van der Waals surface area contributed by atoms with E-state index in [2.05, 4.69) is 33.7 Å². The minimum Gasteiger partial charge on any atom is -0.382 e. The second kappa shape index (κ2) is 4.67. The van der Waals surface area contributed by atoms with Crippen LogP contribution in [0.4, 0.5) is 5.82 Å². The first-order valence-electron chi connectivity index (χ1n) is 5.70. The van der Waals surface area contributed by atoms with Crippen LogP contribution in [-0.4, -0.2) is 53.4 Å². The number of amidine groups is 1. The van der Waals surface area contributed by atoms with Gasteiger partial charge in [-0.05, 0) is 14.0 Å². The highest BCUT2D eigenvalue weighted by atomic mass is 15.3. The lowest BCUT2D eigenvalue weighted by Crippen LogP contribution is -2.50. The standard InChI is InChI=1S/C11H18N6/c1-8-7-17(6-5-16(8)2)11-9(10(12)13)14-3-4-15-11/h3-4,8H,5-7H2,1-2H3,(H3,12,13). The maximum atomic E-state index is 7.52. The van der Waals surface area contributed by atoms with E-state index in [9.17, 15) is 0 Å². The molecule has 6 nitrogen and oxygen atoms in total. The number of piperazine rings is 1. The van der Waals surface area contributed by atoms with E-state index < -0.39 is 0 Å². The van der Waals surface area contributed by atoms with Crippen LogP contribution >= 0.6 is 0 Å². The van der Waals surface area contributed by atoms with Gasteiger partial charge in [0.25, 0.3) is 0 Å². The quantitative estimate of drug-likeness (QED) is 0.551. The molecule has 1 fully saturated rings. The zero-order valence-corrected chi connectivity index (χ0v) is 10.2. The molecule has 1 atom stereocenters. The number of nitrogens with zero attached hydrogens (tertiary/aromatic N) is 4. The molecule has 1 aromatic heterocycles. The maximum absolute atomic E-state index is 7.52. The lowest BCUT2D eigenvalue weighted by atomic mass is 10.2. The zero-order valence-electron chi connectivity index (χ0n) is 10.2. The van der Waals surface area contributed by atoms with Crippen LogP contribution in [0.3, 0.4) is 0 Å². The third kappa shape index (κ3) is 2.36. The van der Waals surface area contributed by atoms with Crippen LogP contribution < -0.4 is 10.6 Å². The normalized spacial score (nSPS) is 21.5. The van der Waals surface area contributed by atoms with Crippen molar-refractivity contribution < 1.29 is 0 Å². The van der Waals surface area contributed by atoms with Crippen molar-refractivity contribution in [3.05, 3.63) is 18.1 Å². The highest BCUT2D eigenvalue weighted by molar-refractivity contribution is 5.97. The van der Waals surface area contributed by atoms with Crippen molar-refractivity contribution in [2.45, 2.75) is 13.0 Å². The molecule has 2 heterocycles. The molecule has 1 aliphatic rings. The molecular weight excluding hydrogens is 216 g/mol. The van der Waals surface area contributed by atoms with Gasteiger partial charge < -0.3 is 15.5 Å². The number of hydrogen-bond donors (Lipinski definition) is 2. The van der Waals surface area contributed by atoms with Gasteiger partial charge in [0, 0.05) is 38.1 Å². The highest BCUT2D eigenvalue weighted by Gasteiger charge is 2.24. The Bertz CT molecular complexity index is 418. The average molecular weight is 234 g/mol. The van der Waals surface area contributed by atoms with Crippen molar-refractivity contribution in [2.75, 3.05) is 31.6 Å². The van der Waals surface area contributed by atoms with Crippen molar-refractivity contribution in [1.82, 2.24) is 14.9 Å². The molecule has 2 rings (SSSR count). The number of rotatable bonds is 2. The van der Waals surface area contributed by atoms with Gasteiger partial charge in [0.2, 0.25) is 0 Å². The Labute approximate surface area is 101 Å². The van der Waals surface area contributed by atoms with Crippen LogP contribution in [0.2, 0.25) is 0 Å². The van der Waals surface area contributed by atoms with E-state index in [0.717, 1.165) is 25.5 Å². The maximum Gasteiger partial charge on any atom is 0.158 e. The summed E-state index contributed by atoms with van der Waals surface area (Å²) in [4.78, 5) is 12.9. The Morgan fingerprint density at radius 1 is 1.41 bits per heavy atom. The molecule has 0 bridgehead atoms. The first-order chi connectivity index (χ1) is 8.09. The molecule has 0 spiro atoms. The van der Waals surface area contributed by atoms with Crippen LogP contribution in [0.25, 0.3) is 0 Å². The molecule has 3 N–H and O–H groups in total. The summed E-state index contributed by atoms with van der Waals surface area (Å²) < 4.78 is 0. The minimum absolute atomic E-state index is 0.0281. The molecule has 1 aliphatic heterocycles. The lowest BCUT2D eigenvalue weighted by molar-refractivity contribution is 0.233. The molecule has 6 heteroatoms. The fraction of sp³-hybridized carbons (Fsp3) is 0.545. The van der Waals surface area contributed by atoms with Gasteiger partial charge in [-0.25, -0.2) is 9.97 Å². The van der Waals surface area contributed by atoms with Crippen molar-refractivity contribution in [3.63, 3.8) is 0 Å². The van der Waals surface area contributed by atoms with Crippen LogP contribution in [0.15, 0.2) is 12.4 Å². The molecule has 1 aromatic rings. The van der Waals surface area contributed by atoms with E-state index in [1.165, 1.54) is 0 Å². The summed E-state index contributed by atoms with van der Waals surface area (Å²) in [5.74, 6) is 0.694. The summed E-state index contributed by atoms with van der Waals surface area (Å²) in [6.45, 7) is 4.93. The van der Waals surface area contributed by atoms with Gasteiger partial charge in [-0.2, -0.15) is 0 Å². The second-order valence-electron chi connectivity index (χ2n) is 4.42. The molecule has 1 unspecified atom stereocenters. The first kappa shape index (κ1) is 11.8. The second-order valence-corrected chi connectivity index (χ2v) is 4.42. The fourth-order valence-electron chi connectivity index (χ4n) is 1.99. The molecule has 92 valence electrons. The van der Waals surface area contributed by atoms with Gasteiger partial charge >= 0.3 is 0 Å². The number of nitrogen functional groups attached to an aromatic ring is 1. The topological polar surface area (TPSA) is 82.1 Å². The fourth-order valence-corrected chi connectivity index (χ4v) is 1.99. The third-order valence-corrected chi connectivity index (χ3v) is 3.19. The van der Waals surface area contributed by atoms with Crippen molar-refractivity contribution >= 4 is 11.7 Å². The van der Waals surface area contributed by atoms with E-state index in [1.807, 2.05) is 0 Å². The van der Waals surface area contributed by atoms with Crippen molar-refractivity contribution in [1.29, 1.82) is 5.41 Å². The Kier molecular flexibility index (Phi) is 3.23. The van der Waals surface area contributed by atoms with E-state index in [0.29, 0.717) is 11.7 Å². The van der Waals surface area contributed by atoms with E-state index in [-0.39, 0.29) is 5.84 Å². The lowest BCUT2D eigenvalue weighted by Gasteiger charge is -2.38. The molecule has 0 aromatic carbocycles. The molecule has 0 saturated carbocycles. The van der Waals surface area contributed by atoms with E-state index in [4.69, 9.17) is 11.1 Å². The predicted molar refractivity (Wildman–Crippen MR) is 67.4 cm³/mol. The van der Waals surface area contributed by atoms with Gasteiger partial charge in [-0.3, -0.25) is 5.41 Å². The Hall–Kier alpha value is -1.69. The first-order valence-corrected chi connectivity index (χ1v) is 5.70. The predicted octanol–water partition coefficient (Wildman–Crippen LogP) is -0.0990. The van der Waals surface area contributed by atoms with Gasteiger partial charge in [0.05, 0.1) is 0 Å². The zero-order chi connectivity index (χ0) is 12.4. The number of nitrogens with two attached hydrogens (primary N) is 1. The molecular formula is C11H18N6. The van der Waals surface area contributed by atoms with Crippen molar-refractivity contribution in [2.24, 2.45) is 5.73 Å². The van der Waals surface area contributed by atoms with E-state index in [1.54, 1.807) is 12.4 Å². The summed E-state index contributed by atoms with van der Waals surface area (Å²) in [7, 11) is 2.12. The monoisotopic (exact) mass is 234 g/mol. The van der Waals surface area contributed by atoms with Gasteiger partial charge in [-0.15, -0.1) is 0 Å². The smallest absolute Gasteiger partial charge is 0.158 e. The number of hydrogen-bond acceptors (Lipinski definition) is 5. The Morgan fingerprint density at radius 3 is 2.76 bits per heavy atom. The van der Waals surface area contributed by atoms with Crippen LogP contribution in [-0.2, 0) is 0 Å². The summed E-state index contributed by atoms with van der Waals surface area (Å²) in [5, 5.41) is 7.52. The number of nitrogens with one attached hydrogen (secondary N) is 1. The third-order valence-electron chi connectivity index (χ3n) is 3.19. The number of anilines is 1. The summed E-state index contributed by atoms with van der Waals surface area (Å²) in [6.07, 6.45) is 3.21. The molecule has 0 amide bonds. The highest BCUT2D eigenvalue weighted by Crippen LogP contribution is 2.18. The SMILES string of the molecule is CC1CN(c2nccnc2C(=N)N)CCN1C. The van der Waals surface area contributed by atoms with Crippen molar-refractivity contribution in [3.8, 4) is 0 Å². The summed E-state index contributed by atoms with van der Waals surface area (Å²) in [5.41, 5.74) is 6.00. The largest absolute Gasteiger partial charge is 0.382 e. The van der Waals surface area contributed by atoms with Crippen LogP contribution in [0, 0.1) is 5.41 Å². The number of aromatic nitrogens is 2. The van der Waals surface area contributed by atoms with Crippen LogP contribution in [0.1, 0.15) is 12.6 Å². The average Bonchev–Trinajstić information content (AvgIpc) is 2.32. The summed E-state index contributed by atoms with van der Waals surface area (Å²) in [6, 6.07) is 0.463. The molecule has 0 radical (unpaired) electrons. The molecule has 17 heavy (non-hydrogen) atoms. The van der Waals surface area contributed by atoms with Gasteiger partial charge in [0.1, 0.15) is 11.5 Å². The van der Waals surface area contributed by atoms with Crippen LogP contribution in [0.5, 0.6) is 0 Å².